The van der Waals surface area contributed by atoms with Crippen molar-refractivity contribution in [3.8, 4) is 0 Å². The summed E-state index contributed by atoms with van der Waals surface area (Å²) in [5, 5.41) is 0. The fourth-order valence-electron chi connectivity index (χ4n) is 3.19. The Morgan fingerprint density at radius 1 is 0.684 bits per heavy atom. The van der Waals surface area contributed by atoms with Crippen LogP contribution in [0.25, 0.3) is 0 Å². The highest BCUT2D eigenvalue weighted by Crippen LogP contribution is 2.32. The highest BCUT2D eigenvalue weighted by atomic mass is 14.3. The molecule has 0 fully saturated rings. The Morgan fingerprint density at radius 2 is 1.37 bits per heavy atom. The third kappa shape index (κ3) is 8.71. The summed E-state index contributed by atoms with van der Waals surface area (Å²) in [6.07, 6.45) is 12.7. The number of hydrogen-bond donors (Lipinski definition) is 0. The van der Waals surface area contributed by atoms with Crippen LogP contribution in [0.3, 0.4) is 0 Å². The molecule has 0 aromatic heterocycles. The maximum absolute atomic E-state index is 2.52. The Hall–Kier alpha value is 0. The molecule has 0 amide bonds. The Kier molecular flexibility index (Phi) is 11.8. The van der Waals surface area contributed by atoms with Crippen molar-refractivity contribution in [1.29, 1.82) is 0 Å². The maximum Gasteiger partial charge on any atom is -0.0386 e. The third-order valence-corrected chi connectivity index (χ3v) is 5.29. The van der Waals surface area contributed by atoms with E-state index < -0.39 is 0 Å². The summed E-state index contributed by atoms with van der Waals surface area (Å²) in [7, 11) is 0. The van der Waals surface area contributed by atoms with Crippen LogP contribution < -0.4 is 0 Å². The van der Waals surface area contributed by atoms with E-state index in [1.807, 2.05) is 0 Å². The second-order valence-electron chi connectivity index (χ2n) is 6.97. The second kappa shape index (κ2) is 11.8. The van der Waals surface area contributed by atoms with E-state index >= 15 is 0 Å². The van der Waals surface area contributed by atoms with Gasteiger partial charge in [-0.25, -0.2) is 0 Å². The van der Waals surface area contributed by atoms with Crippen molar-refractivity contribution in [2.24, 2.45) is 23.7 Å². The number of hydrogen-bond acceptors (Lipinski definition) is 0. The van der Waals surface area contributed by atoms with Crippen molar-refractivity contribution >= 4 is 0 Å². The zero-order valence-electron chi connectivity index (χ0n) is 14.7. The largest absolute Gasteiger partial charge is 0.0654 e. The van der Waals surface area contributed by atoms with Crippen molar-refractivity contribution in [1.82, 2.24) is 0 Å². The van der Waals surface area contributed by atoms with Crippen molar-refractivity contribution in [2.45, 2.75) is 99.3 Å². The summed E-state index contributed by atoms with van der Waals surface area (Å²) in [4.78, 5) is 0. The SMILES string of the molecule is CCCCCC(C)C(C)[C@@H](CCC)CCC(C)CC. The van der Waals surface area contributed by atoms with Crippen molar-refractivity contribution in [2.75, 3.05) is 0 Å². The highest BCUT2D eigenvalue weighted by Gasteiger charge is 2.22. The van der Waals surface area contributed by atoms with E-state index in [1.165, 1.54) is 57.8 Å². The molecule has 0 heterocycles. The van der Waals surface area contributed by atoms with Crippen LogP contribution in [0.4, 0.5) is 0 Å². The van der Waals surface area contributed by atoms with Crippen LogP contribution >= 0.6 is 0 Å². The molecule has 4 atom stereocenters. The van der Waals surface area contributed by atoms with Crippen LogP contribution in [-0.4, -0.2) is 0 Å². The Labute approximate surface area is 123 Å². The molecule has 19 heavy (non-hydrogen) atoms. The van der Waals surface area contributed by atoms with Crippen LogP contribution in [-0.2, 0) is 0 Å². The van der Waals surface area contributed by atoms with E-state index in [4.69, 9.17) is 0 Å². The lowest BCUT2D eigenvalue weighted by Crippen LogP contribution is -2.20. The topological polar surface area (TPSA) is 0 Å². The fourth-order valence-corrected chi connectivity index (χ4v) is 3.19. The highest BCUT2D eigenvalue weighted by molar-refractivity contribution is 4.72. The molecule has 116 valence electrons. The van der Waals surface area contributed by atoms with Crippen molar-refractivity contribution < 1.29 is 0 Å². The maximum atomic E-state index is 2.52. The van der Waals surface area contributed by atoms with Crippen LogP contribution in [0.15, 0.2) is 0 Å². The molecule has 0 aromatic rings. The lowest BCUT2D eigenvalue weighted by atomic mass is 9.76. The summed E-state index contributed by atoms with van der Waals surface area (Å²) in [6, 6.07) is 0. The quantitative estimate of drug-likeness (QED) is 0.332. The van der Waals surface area contributed by atoms with Gasteiger partial charge >= 0.3 is 0 Å². The molecular formula is C19H40. The van der Waals surface area contributed by atoms with Crippen LogP contribution in [0.5, 0.6) is 0 Å². The lowest BCUT2D eigenvalue weighted by Gasteiger charge is -2.30. The molecule has 0 radical (unpaired) electrons. The van der Waals surface area contributed by atoms with E-state index in [1.54, 1.807) is 0 Å². The summed E-state index contributed by atoms with van der Waals surface area (Å²) >= 11 is 0. The minimum absolute atomic E-state index is 0.917. The van der Waals surface area contributed by atoms with Crippen molar-refractivity contribution in [3.05, 3.63) is 0 Å². The van der Waals surface area contributed by atoms with Crippen molar-refractivity contribution in [3.63, 3.8) is 0 Å². The molecule has 0 spiro atoms. The van der Waals surface area contributed by atoms with Gasteiger partial charge in [0.05, 0.1) is 0 Å². The molecule has 0 nitrogen and oxygen atoms in total. The molecule has 0 aromatic carbocycles. The van der Waals surface area contributed by atoms with Gasteiger partial charge in [-0.1, -0.05) is 92.9 Å². The van der Waals surface area contributed by atoms with Crippen LogP contribution in [0.1, 0.15) is 99.3 Å². The molecule has 0 aliphatic rings. The first-order valence-electron chi connectivity index (χ1n) is 9.06. The van der Waals surface area contributed by atoms with E-state index in [2.05, 4.69) is 41.5 Å². The average Bonchev–Trinajstić information content (AvgIpc) is 2.42. The van der Waals surface area contributed by atoms with E-state index in [0.29, 0.717) is 0 Å². The number of unbranched alkanes of at least 4 members (excludes halogenated alkanes) is 2. The van der Waals surface area contributed by atoms with Gasteiger partial charge in [-0.2, -0.15) is 0 Å². The summed E-state index contributed by atoms with van der Waals surface area (Å²) in [6.45, 7) is 14.4. The van der Waals surface area contributed by atoms with Gasteiger partial charge in [-0.15, -0.1) is 0 Å². The number of rotatable bonds is 12. The smallest absolute Gasteiger partial charge is 0.0386 e. The lowest BCUT2D eigenvalue weighted by molar-refractivity contribution is 0.209. The molecule has 0 aliphatic carbocycles. The second-order valence-corrected chi connectivity index (χ2v) is 6.97. The predicted molar refractivity (Wildman–Crippen MR) is 89.6 cm³/mol. The summed E-state index contributed by atoms with van der Waals surface area (Å²) < 4.78 is 0. The first-order valence-corrected chi connectivity index (χ1v) is 9.06. The molecule has 0 saturated heterocycles. The predicted octanol–water partition coefficient (Wildman–Crippen LogP) is 7.08. The fraction of sp³-hybridized carbons (Fsp3) is 1.00. The molecule has 0 aliphatic heterocycles. The van der Waals surface area contributed by atoms with Gasteiger partial charge in [0, 0.05) is 0 Å². The minimum Gasteiger partial charge on any atom is -0.0654 e. The first kappa shape index (κ1) is 19.0. The normalized spacial score (nSPS) is 18.0. The van der Waals surface area contributed by atoms with Gasteiger partial charge in [-0.3, -0.25) is 0 Å². The molecule has 0 bridgehead atoms. The average molecular weight is 269 g/mol. The zero-order chi connectivity index (χ0) is 14.7. The first-order chi connectivity index (χ1) is 9.06. The third-order valence-electron chi connectivity index (χ3n) is 5.29. The van der Waals surface area contributed by atoms with Gasteiger partial charge in [0.1, 0.15) is 0 Å². The van der Waals surface area contributed by atoms with E-state index in [9.17, 15) is 0 Å². The van der Waals surface area contributed by atoms with Crippen LogP contribution in [0.2, 0.25) is 0 Å². The van der Waals surface area contributed by atoms with Gasteiger partial charge in [0.2, 0.25) is 0 Å². The van der Waals surface area contributed by atoms with Crippen LogP contribution in [0, 0.1) is 23.7 Å². The van der Waals surface area contributed by atoms with E-state index in [-0.39, 0.29) is 0 Å². The standard InChI is InChI=1S/C19H40/c1-7-10-11-13-17(5)18(6)19(12-8-2)15-14-16(4)9-3/h16-19H,7-15H2,1-6H3/t16?,17?,18?,19-/m0/s1. The summed E-state index contributed by atoms with van der Waals surface area (Å²) in [5.74, 6) is 3.72. The summed E-state index contributed by atoms with van der Waals surface area (Å²) in [5.41, 5.74) is 0. The molecular weight excluding hydrogens is 228 g/mol. The Balaban J connectivity index is 4.17. The Morgan fingerprint density at radius 3 is 1.89 bits per heavy atom. The van der Waals surface area contributed by atoms with Gasteiger partial charge < -0.3 is 0 Å². The van der Waals surface area contributed by atoms with Gasteiger partial charge in [0.15, 0.2) is 0 Å². The molecule has 0 N–H and O–H groups in total. The van der Waals surface area contributed by atoms with E-state index in [0.717, 1.165) is 23.7 Å². The molecule has 0 rings (SSSR count). The zero-order valence-corrected chi connectivity index (χ0v) is 14.7. The molecule has 0 saturated carbocycles. The van der Waals surface area contributed by atoms with Gasteiger partial charge in [-0.05, 0) is 30.1 Å². The minimum atomic E-state index is 0.917. The molecule has 0 heteroatoms. The van der Waals surface area contributed by atoms with Gasteiger partial charge in [0.25, 0.3) is 0 Å². The Bertz CT molecular complexity index is 184. The molecule has 3 unspecified atom stereocenters. The monoisotopic (exact) mass is 268 g/mol.